The maximum absolute atomic E-state index is 12.7. The van der Waals surface area contributed by atoms with Gasteiger partial charge in [-0.15, -0.1) is 0 Å². The summed E-state index contributed by atoms with van der Waals surface area (Å²) in [7, 11) is 3.44. The number of benzene rings is 2. The summed E-state index contributed by atoms with van der Waals surface area (Å²) in [5, 5.41) is 0. The molecule has 1 fully saturated rings. The van der Waals surface area contributed by atoms with Crippen LogP contribution in [0.1, 0.15) is 12.0 Å². The highest BCUT2D eigenvalue weighted by atomic mass is 16.5. The average Bonchev–Trinajstić information content (AvgIpc) is 3.03. The molecule has 0 radical (unpaired) electrons. The summed E-state index contributed by atoms with van der Waals surface area (Å²) in [6.45, 7) is 4.43. The number of piperazine rings is 1. The number of carbonyl (C=O) groups excluding carboxylic acids is 1. The Morgan fingerprint density at radius 3 is 2.30 bits per heavy atom. The monoisotopic (exact) mass is 408 g/mol. The molecule has 1 amide bonds. The second-order valence-electron chi connectivity index (χ2n) is 7.74. The molecule has 7 nitrogen and oxygen atoms in total. The highest BCUT2D eigenvalue weighted by Crippen LogP contribution is 2.15. The first-order valence-corrected chi connectivity index (χ1v) is 10.3. The van der Waals surface area contributed by atoms with E-state index in [1.807, 2.05) is 41.3 Å². The summed E-state index contributed by atoms with van der Waals surface area (Å²) >= 11 is 0. The number of fused-ring (bicyclic) bond motifs is 1. The van der Waals surface area contributed by atoms with Crippen molar-refractivity contribution in [3.05, 3.63) is 64.6 Å². The van der Waals surface area contributed by atoms with Gasteiger partial charge >= 0.3 is 5.69 Å². The van der Waals surface area contributed by atoms with Crippen molar-refractivity contribution in [1.82, 2.24) is 18.9 Å². The minimum absolute atomic E-state index is 0.0756. The van der Waals surface area contributed by atoms with Crippen molar-refractivity contribution in [1.29, 1.82) is 0 Å². The number of rotatable bonds is 6. The fourth-order valence-electron chi connectivity index (χ4n) is 4.09. The third-order valence-electron chi connectivity index (χ3n) is 5.89. The second kappa shape index (κ2) is 8.75. The standard InChI is InChI=1S/C23H28N4O3/c1-24-20-5-3-4-6-21(20)27(23(24)29)12-11-22(28)26-15-13-25(14-16-26)17-18-7-9-19(30-2)10-8-18/h3-10H,11-17H2,1-2H3. The Labute approximate surface area is 176 Å². The van der Waals surface area contributed by atoms with Gasteiger partial charge in [-0.3, -0.25) is 18.8 Å². The van der Waals surface area contributed by atoms with E-state index in [9.17, 15) is 9.59 Å². The minimum Gasteiger partial charge on any atom is -0.497 e. The molecule has 0 spiro atoms. The normalized spacial score (nSPS) is 14.9. The number of carbonyl (C=O) groups is 1. The van der Waals surface area contributed by atoms with E-state index in [0.717, 1.165) is 49.5 Å². The summed E-state index contributed by atoms with van der Waals surface area (Å²) in [4.78, 5) is 29.5. The largest absolute Gasteiger partial charge is 0.497 e. The van der Waals surface area contributed by atoms with Gasteiger partial charge in [0.2, 0.25) is 5.91 Å². The van der Waals surface area contributed by atoms with Gasteiger partial charge < -0.3 is 9.64 Å². The predicted octanol–water partition coefficient (Wildman–Crippen LogP) is 2.08. The van der Waals surface area contributed by atoms with E-state index in [1.54, 1.807) is 23.3 Å². The molecular weight excluding hydrogens is 380 g/mol. The Morgan fingerprint density at radius 2 is 1.63 bits per heavy atom. The molecule has 158 valence electrons. The Bertz CT molecular complexity index is 1080. The van der Waals surface area contributed by atoms with Crippen LogP contribution in [0.5, 0.6) is 5.75 Å². The van der Waals surface area contributed by atoms with Gasteiger partial charge in [0.15, 0.2) is 0 Å². The van der Waals surface area contributed by atoms with Crippen LogP contribution in [0.15, 0.2) is 53.3 Å². The molecule has 3 aromatic rings. The maximum atomic E-state index is 12.7. The van der Waals surface area contributed by atoms with Crippen LogP contribution >= 0.6 is 0 Å². The SMILES string of the molecule is COc1ccc(CN2CCN(C(=O)CCn3c(=O)n(C)c4ccccc43)CC2)cc1. The van der Waals surface area contributed by atoms with Gasteiger partial charge in [-0.1, -0.05) is 24.3 Å². The van der Waals surface area contributed by atoms with Crippen LogP contribution in [-0.2, 0) is 24.9 Å². The van der Waals surface area contributed by atoms with Crippen LogP contribution in [0.2, 0.25) is 0 Å². The maximum Gasteiger partial charge on any atom is 0.328 e. The van der Waals surface area contributed by atoms with Crippen molar-refractivity contribution >= 4 is 16.9 Å². The van der Waals surface area contributed by atoms with E-state index in [4.69, 9.17) is 4.74 Å². The number of methoxy groups -OCH3 is 1. The van der Waals surface area contributed by atoms with Crippen molar-refractivity contribution in [2.24, 2.45) is 7.05 Å². The van der Waals surface area contributed by atoms with Gasteiger partial charge in [0, 0.05) is 52.7 Å². The molecule has 1 saturated heterocycles. The predicted molar refractivity (Wildman–Crippen MR) is 117 cm³/mol. The van der Waals surface area contributed by atoms with Crippen molar-refractivity contribution < 1.29 is 9.53 Å². The molecule has 2 heterocycles. The third-order valence-corrected chi connectivity index (χ3v) is 5.89. The lowest BCUT2D eigenvalue weighted by Gasteiger charge is -2.34. The van der Waals surface area contributed by atoms with Gasteiger partial charge in [-0.2, -0.15) is 0 Å². The van der Waals surface area contributed by atoms with Crippen LogP contribution in [-0.4, -0.2) is 58.1 Å². The Balaban J connectivity index is 1.31. The van der Waals surface area contributed by atoms with Crippen LogP contribution in [0.25, 0.3) is 11.0 Å². The molecule has 1 aliphatic heterocycles. The van der Waals surface area contributed by atoms with Gasteiger partial charge in [-0.25, -0.2) is 4.79 Å². The number of ether oxygens (including phenoxy) is 1. The second-order valence-corrected chi connectivity index (χ2v) is 7.74. The average molecular weight is 409 g/mol. The molecule has 4 rings (SSSR count). The van der Waals surface area contributed by atoms with Crippen molar-refractivity contribution in [2.45, 2.75) is 19.5 Å². The topological polar surface area (TPSA) is 59.7 Å². The molecule has 0 unspecified atom stereocenters. The van der Waals surface area contributed by atoms with E-state index in [2.05, 4.69) is 17.0 Å². The molecule has 0 saturated carbocycles. The minimum atomic E-state index is -0.0756. The Kier molecular flexibility index (Phi) is 5.90. The van der Waals surface area contributed by atoms with Crippen molar-refractivity contribution in [3.63, 3.8) is 0 Å². The lowest BCUT2D eigenvalue weighted by Crippen LogP contribution is -2.48. The van der Waals surface area contributed by atoms with Crippen LogP contribution in [0, 0.1) is 0 Å². The fraction of sp³-hybridized carbons (Fsp3) is 0.391. The number of amides is 1. The molecule has 1 aromatic heterocycles. The van der Waals surface area contributed by atoms with E-state index in [-0.39, 0.29) is 11.6 Å². The van der Waals surface area contributed by atoms with Gasteiger partial charge in [0.05, 0.1) is 18.1 Å². The molecule has 0 bridgehead atoms. The summed E-state index contributed by atoms with van der Waals surface area (Å²) in [6, 6.07) is 15.8. The highest BCUT2D eigenvalue weighted by molar-refractivity contribution is 5.78. The summed E-state index contributed by atoms with van der Waals surface area (Å²) < 4.78 is 8.54. The van der Waals surface area contributed by atoms with Crippen LogP contribution < -0.4 is 10.4 Å². The first-order valence-electron chi connectivity index (χ1n) is 10.3. The van der Waals surface area contributed by atoms with E-state index in [1.165, 1.54) is 5.56 Å². The number of hydrogen-bond acceptors (Lipinski definition) is 4. The van der Waals surface area contributed by atoms with Crippen molar-refractivity contribution in [3.8, 4) is 5.75 Å². The van der Waals surface area contributed by atoms with Crippen LogP contribution in [0.3, 0.4) is 0 Å². The first kappa shape index (κ1) is 20.2. The zero-order chi connectivity index (χ0) is 21.1. The Morgan fingerprint density at radius 1 is 0.967 bits per heavy atom. The molecule has 0 aliphatic carbocycles. The molecule has 7 heteroatoms. The molecule has 2 aromatic carbocycles. The number of aryl methyl sites for hydroxylation is 2. The number of nitrogens with zero attached hydrogens (tertiary/aromatic N) is 4. The summed E-state index contributed by atoms with van der Waals surface area (Å²) in [5.41, 5.74) is 2.93. The first-order chi connectivity index (χ1) is 14.6. The fourth-order valence-corrected chi connectivity index (χ4v) is 4.09. The number of para-hydroxylation sites is 2. The molecule has 0 atom stereocenters. The van der Waals surface area contributed by atoms with Gasteiger partial charge in [0.1, 0.15) is 5.75 Å². The molecule has 0 N–H and O–H groups in total. The number of imidazole rings is 1. The molecule has 1 aliphatic rings. The molecular formula is C23H28N4O3. The van der Waals surface area contributed by atoms with Gasteiger partial charge in [0.25, 0.3) is 0 Å². The van der Waals surface area contributed by atoms with Gasteiger partial charge in [-0.05, 0) is 29.8 Å². The lowest BCUT2D eigenvalue weighted by atomic mass is 10.2. The number of aromatic nitrogens is 2. The lowest BCUT2D eigenvalue weighted by molar-refractivity contribution is -0.133. The van der Waals surface area contributed by atoms with Crippen molar-refractivity contribution in [2.75, 3.05) is 33.3 Å². The van der Waals surface area contributed by atoms with E-state index < -0.39 is 0 Å². The number of hydrogen-bond donors (Lipinski definition) is 0. The molecule has 30 heavy (non-hydrogen) atoms. The zero-order valence-electron chi connectivity index (χ0n) is 17.6. The summed E-state index contributed by atoms with van der Waals surface area (Å²) in [5.74, 6) is 0.971. The Hall–Kier alpha value is -3.06. The highest BCUT2D eigenvalue weighted by Gasteiger charge is 2.21. The van der Waals surface area contributed by atoms with Crippen LogP contribution in [0.4, 0.5) is 0 Å². The van der Waals surface area contributed by atoms with E-state index in [0.29, 0.717) is 13.0 Å². The van der Waals surface area contributed by atoms with E-state index >= 15 is 0 Å². The smallest absolute Gasteiger partial charge is 0.328 e. The quantitative estimate of drug-likeness (QED) is 0.627. The summed E-state index contributed by atoms with van der Waals surface area (Å²) in [6.07, 6.45) is 0.340. The zero-order valence-corrected chi connectivity index (χ0v) is 17.6. The third kappa shape index (κ3) is 4.11.